The Labute approximate surface area is 103 Å². The van der Waals surface area contributed by atoms with E-state index in [0.29, 0.717) is 0 Å². The van der Waals surface area contributed by atoms with E-state index in [-0.39, 0.29) is 0 Å². The summed E-state index contributed by atoms with van der Waals surface area (Å²) in [6, 6.07) is 0. The van der Waals surface area contributed by atoms with Gasteiger partial charge < -0.3 is 0 Å². The van der Waals surface area contributed by atoms with Gasteiger partial charge in [-0.2, -0.15) is 5.10 Å². The summed E-state index contributed by atoms with van der Waals surface area (Å²) in [7, 11) is 1.91. The standard InChI is InChI=1S/C10H14N4S2/c1-4-15-9-7-6-11-14(3)8(7)12-10(13-9)16-5-2/h6H,4-5H2,1-3H3. The molecule has 6 heteroatoms. The first-order valence-electron chi connectivity index (χ1n) is 5.21. The normalized spacial score (nSPS) is 11.2. The predicted octanol–water partition coefficient (Wildman–Crippen LogP) is 2.59. The zero-order valence-electron chi connectivity index (χ0n) is 9.60. The molecule has 0 radical (unpaired) electrons. The van der Waals surface area contributed by atoms with Crippen LogP contribution < -0.4 is 0 Å². The van der Waals surface area contributed by atoms with Crippen LogP contribution in [0.15, 0.2) is 16.4 Å². The zero-order chi connectivity index (χ0) is 11.5. The van der Waals surface area contributed by atoms with Gasteiger partial charge in [0.25, 0.3) is 0 Å². The van der Waals surface area contributed by atoms with Crippen LogP contribution in [0.25, 0.3) is 11.0 Å². The predicted molar refractivity (Wildman–Crippen MR) is 69.1 cm³/mol. The fourth-order valence-electron chi connectivity index (χ4n) is 1.42. The van der Waals surface area contributed by atoms with Crippen LogP contribution in [0.1, 0.15) is 13.8 Å². The summed E-state index contributed by atoms with van der Waals surface area (Å²) in [6.07, 6.45) is 1.84. The molecule has 0 fully saturated rings. The van der Waals surface area contributed by atoms with E-state index in [1.54, 1.807) is 28.2 Å². The van der Waals surface area contributed by atoms with E-state index in [2.05, 4.69) is 28.9 Å². The third kappa shape index (κ3) is 2.17. The highest BCUT2D eigenvalue weighted by Gasteiger charge is 2.11. The summed E-state index contributed by atoms with van der Waals surface area (Å²) in [5.74, 6) is 2.00. The lowest BCUT2D eigenvalue weighted by Crippen LogP contribution is -1.96. The number of aryl methyl sites for hydroxylation is 1. The lowest BCUT2D eigenvalue weighted by Gasteiger charge is -2.03. The Morgan fingerprint density at radius 1 is 1.19 bits per heavy atom. The molecule has 86 valence electrons. The smallest absolute Gasteiger partial charge is 0.190 e. The topological polar surface area (TPSA) is 43.6 Å². The lowest BCUT2D eigenvalue weighted by atomic mass is 10.4. The average Bonchev–Trinajstić information content (AvgIpc) is 2.62. The van der Waals surface area contributed by atoms with Crippen LogP contribution in [0, 0.1) is 0 Å². The summed E-state index contributed by atoms with van der Waals surface area (Å²) in [4.78, 5) is 9.06. The number of hydrogen-bond acceptors (Lipinski definition) is 5. The van der Waals surface area contributed by atoms with E-state index in [1.165, 1.54) is 0 Å². The Balaban J connectivity index is 2.56. The highest BCUT2D eigenvalue weighted by Crippen LogP contribution is 2.27. The molecular weight excluding hydrogens is 240 g/mol. The Hall–Kier alpha value is -0.750. The second-order valence-corrected chi connectivity index (χ2v) is 5.67. The van der Waals surface area contributed by atoms with Crippen molar-refractivity contribution in [1.29, 1.82) is 0 Å². The Bertz CT molecular complexity index is 495. The first-order chi connectivity index (χ1) is 7.76. The van der Waals surface area contributed by atoms with Gasteiger partial charge in [0.15, 0.2) is 10.8 Å². The lowest BCUT2D eigenvalue weighted by molar-refractivity contribution is 0.774. The molecule has 0 saturated heterocycles. The molecule has 16 heavy (non-hydrogen) atoms. The van der Waals surface area contributed by atoms with Crippen molar-refractivity contribution in [3.8, 4) is 0 Å². The van der Waals surface area contributed by atoms with E-state index in [9.17, 15) is 0 Å². The molecule has 2 aromatic heterocycles. The maximum absolute atomic E-state index is 4.56. The van der Waals surface area contributed by atoms with Crippen molar-refractivity contribution in [1.82, 2.24) is 19.7 Å². The number of hydrogen-bond donors (Lipinski definition) is 0. The van der Waals surface area contributed by atoms with Crippen molar-refractivity contribution >= 4 is 34.6 Å². The summed E-state index contributed by atoms with van der Waals surface area (Å²) >= 11 is 3.41. The molecule has 2 heterocycles. The van der Waals surface area contributed by atoms with Gasteiger partial charge in [-0.05, 0) is 11.5 Å². The molecule has 0 aliphatic heterocycles. The van der Waals surface area contributed by atoms with Gasteiger partial charge in [-0.3, -0.25) is 4.68 Å². The molecular formula is C10H14N4S2. The Morgan fingerprint density at radius 2 is 1.94 bits per heavy atom. The molecule has 0 unspecified atom stereocenters. The van der Waals surface area contributed by atoms with Crippen LogP contribution >= 0.6 is 23.5 Å². The van der Waals surface area contributed by atoms with Crippen LogP contribution in [-0.2, 0) is 7.05 Å². The van der Waals surface area contributed by atoms with Gasteiger partial charge in [-0.25, -0.2) is 9.97 Å². The van der Waals surface area contributed by atoms with E-state index in [0.717, 1.165) is 32.7 Å². The van der Waals surface area contributed by atoms with Gasteiger partial charge in [0, 0.05) is 7.05 Å². The number of rotatable bonds is 4. The number of nitrogens with zero attached hydrogens (tertiary/aromatic N) is 4. The summed E-state index contributed by atoms with van der Waals surface area (Å²) in [5, 5.41) is 7.16. The van der Waals surface area contributed by atoms with Crippen molar-refractivity contribution in [3.63, 3.8) is 0 Å². The molecule has 0 spiro atoms. The molecule has 2 rings (SSSR count). The summed E-state index contributed by atoms with van der Waals surface area (Å²) in [5.41, 5.74) is 0.918. The fourth-order valence-corrected chi connectivity index (χ4v) is 2.76. The van der Waals surface area contributed by atoms with Crippen LogP contribution in [0.2, 0.25) is 0 Å². The van der Waals surface area contributed by atoms with Crippen LogP contribution in [0.5, 0.6) is 0 Å². The molecule has 0 N–H and O–H groups in total. The van der Waals surface area contributed by atoms with Gasteiger partial charge in [0.2, 0.25) is 0 Å². The number of aromatic nitrogens is 4. The van der Waals surface area contributed by atoms with Crippen molar-refractivity contribution < 1.29 is 0 Å². The minimum atomic E-state index is 0.842. The van der Waals surface area contributed by atoms with E-state index < -0.39 is 0 Å². The fraction of sp³-hybridized carbons (Fsp3) is 0.500. The molecule has 0 bridgehead atoms. The van der Waals surface area contributed by atoms with Crippen molar-refractivity contribution in [2.24, 2.45) is 7.05 Å². The SMILES string of the molecule is CCSc1nc(SCC)c2cnn(C)c2n1. The second-order valence-electron chi connectivity index (χ2n) is 3.18. The second kappa shape index (κ2) is 5.05. The van der Waals surface area contributed by atoms with Crippen molar-refractivity contribution in [3.05, 3.63) is 6.20 Å². The Kier molecular flexibility index (Phi) is 3.70. The van der Waals surface area contributed by atoms with Crippen molar-refractivity contribution in [2.75, 3.05) is 11.5 Å². The third-order valence-corrected chi connectivity index (χ3v) is 3.69. The molecule has 0 aromatic carbocycles. The van der Waals surface area contributed by atoms with E-state index in [1.807, 2.05) is 13.2 Å². The first kappa shape index (κ1) is 11.7. The molecule has 2 aromatic rings. The van der Waals surface area contributed by atoms with Gasteiger partial charge in [0.1, 0.15) is 5.03 Å². The summed E-state index contributed by atoms with van der Waals surface area (Å²) in [6.45, 7) is 4.23. The van der Waals surface area contributed by atoms with Crippen molar-refractivity contribution in [2.45, 2.75) is 24.0 Å². The maximum Gasteiger partial charge on any atom is 0.190 e. The molecule has 0 aliphatic rings. The zero-order valence-corrected chi connectivity index (χ0v) is 11.2. The Morgan fingerprint density at radius 3 is 2.62 bits per heavy atom. The maximum atomic E-state index is 4.56. The number of fused-ring (bicyclic) bond motifs is 1. The van der Waals surface area contributed by atoms with Crippen LogP contribution in [0.4, 0.5) is 0 Å². The molecule has 0 saturated carbocycles. The monoisotopic (exact) mass is 254 g/mol. The highest BCUT2D eigenvalue weighted by atomic mass is 32.2. The third-order valence-electron chi connectivity index (χ3n) is 2.09. The van der Waals surface area contributed by atoms with Gasteiger partial charge in [-0.15, -0.1) is 11.8 Å². The van der Waals surface area contributed by atoms with Gasteiger partial charge in [0.05, 0.1) is 11.6 Å². The molecule has 0 atom stereocenters. The van der Waals surface area contributed by atoms with Gasteiger partial charge in [-0.1, -0.05) is 25.6 Å². The average molecular weight is 254 g/mol. The summed E-state index contributed by atoms with van der Waals surface area (Å²) < 4.78 is 1.80. The van der Waals surface area contributed by atoms with Crippen LogP contribution in [-0.4, -0.2) is 31.3 Å². The molecule has 4 nitrogen and oxygen atoms in total. The van der Waals surface area contributed by atoms with Gasteiger partial charge >= 0.3 is 0 Å². The number of thioether (sulfide) groups is 2. The minimum Gasteiger partial charge on any atom is -0.250 e. The minimum absolute atomic E-state index is 0.842. The first-order valence-corrected chi connectivity index (χ1v) is 7.18. The van der Waals surface area contributed by atoms with E-state index >= 15 is 0 Å². The highest BCUT2D eigenvalue weighted by molar-refractivity contribution is 7.99. The molecule has 0 aliphatic carbocycles. The van der Waals surface area contributed by atoms with Crippen LogP contribution in [0.3, 0.4) is 0 Å². The van der Waals surface area contributed by atoms with E-state index in [4.69, 9.17) is 0 Å². The molecule has 0 amide bonds. The largest absolute Gasteiger partial charge is 0.250 e. The quantitative estimate of drug-likeness (QED) is 0.476.